The Labute approximate surface area is 86.1 Å². The Balaban J connectivity index is 2.59. The van der Waals surface area contributed by atoms with Crippen LogP contribution in [0.5, 0.6) is 0 Å². The molecule has 0 radical (unpaired) electrons. The first-order chi connectivity index (χ1) is 6.58. The number of rotatable bonds is 4. The number of hydrogen-bond donors (Lipinski definition) is 1. The highest BCUT2D eigenvalue weighted by atomic mass is 32.2. The Morgan fingerprint density at radius 1 is 1.29 bits per heavy atom. The highest BCUT2D eigenvalue weighted by Gasteiger charge is 2.05. The van der Waals surface area contributed by atoms with Gasteiger partial charge in [-0.05, 0) is 31.0 Å². The van der Waals surface area contributed by atoms with Crippen LogP contribution in [-0.4, -0.2) is 17.0 Å². The van der Waals surface area contributed by atoms with Crippen LogP contribution in [0.15, 0.2) is 29.2 Å². The SMILES string of the molecule is CC(O)Cc1ccc(SC(F)F)cc1. The van der Waals surface area contributed by atoms with Crippen molar-refractivity contribution >= 4 is 11.8 Å². The summed E-state index contributed by atoms with van der Waals surface area (Å²) >= 11 is 0.530. The quantitative estimate of drug-likeness (QED) is 0.784. The summed E-state index contributed by atoms with van der Waals surface area (Å²) in [4.78, 5) is 0.550. The molecule has 0 heterocycles. The van der Waals surface area contributed by atoms with Crippen LogP contribution in [0.25, 0.3) is 0 Å². The number of halogens is 2. The number of alkyl halides is 2. The molecule has 1 atom stereocenters. The molecule has 0 amide bonds. The molecule has 1 rings (SSSR count). The lowest BCUT2D eigenvalue weighted by Gasteiger charge is -2.05. The minimum atomic E-state index is -2.38. The Morgan fingerprint density at radius 3 is 2.29 bits per heavy atom. The maximum atomic E-state index is 12.0. The predicted octanol–water partition coefficient (Wildman–Crippen LogP) is 2.92. The van der Waals surface area contributed by atoms with Crippen LogP contribution in [0.4, 0.5) is 8.78 Å². The second-order valence-corrected chi connectivity index (χ2v) is 4.14. The summed E-state index contributed by atoms with van der Waals surface area (Å²) in [7, 11) is 0. The fourth-order valence-corrected chi connectivity index (χ4v) is 1.65. The predicted molar refractivity (Wildman–Crippen MR) is 53.7 cm³/mol. The van der Waals surface area contributed by atoms with E-state index < -0.39 is 11.9 Å². The molecule has 1 aromatic rings. The third-order valence-electron chi connectivity index (χ3n) is 1.68. The standard InChI is InChI=1S/C10H12F2OS/c1-7(13)6-8-2-4-9(5-3-8)14-10(11)12/h2-5,7,10,13H,6H2,1H3. The number of aliphatic hydroxyl groups is 1. The van der Waals surface area contributed by atoms with Crippen LogP contribution in [0.1, 0.15) is 12.5 Å². The van der Waals surface area contributed by atoms with Crippen molar-refractivity contribution in [1.82, 2.24) is 0 Å². The van der Waals surface area contributed by atoms with Gasteiger partial charge in [0.1, 0.15) is 0 Å². The molecule has 0 aliphatic carbocycles. The highest BCUT2D eigenvalue weighted by Crippen LogP contribution is 2.25. The number of thioether (sulfide) groups is 1. The van der Waals surface area contributed by atoms with Crippen LogP contribution >= 0.6 is 11.8 Å². The van der Waals surface area contributed by atoms with Gasteiger partial charge in [0.15, 0.2) is 0 Å². The Kier molecular flexibility index (Phi) is 4.35. The lowest BCUT2D eigenvalue weighted by atomic mass is 10.1. The van der Waals surface area contributed by atoms with Crippen LogP contribution in [0, 0.1) is 0 Å². The summed E-state index contributed by atoms with van der Waals surface area (Å²) in [6.07, 6.45) is 0.156. The van der Waals surface area contributed by atoms with E-state index in [9.17, 15) is 8.78 Å². The molecule has 4 heteroatoms. The first-order valence-electron chi connectivity index (χ1n) is 4.29. The maximum absolute atomic E-state index is 12.0. The molecule has 1 unspecified atom stereocenters. The molecule has 1 N–H and O–H groups in total. The topological polar surface area (TPSA) is 20.2 Å². The van der Waals surface area contributed by atoms with E-state index in [1.165, 1.54) is 0 Å². The largest absolute Gasteiger partial charge is 0.393 e. The maximum Gasteiger partial charge on any atom is 0.288 e. The molecule has 0 spiro atoms. The van der Waals surface area contributed by atoms with Gasteiger partial charge in [-0.3, -0.25) is 0 Å². The van der Waals surface area contributed by atoms with E-state index in [2.05, 4.69) is 0 Å². The number of hydrogen-bond acceptors (Lipinski definition) is 2. The first kappa shape index (κ1) is 11.5. The molecule has 1 aromatic carbocycles. The van der Waals surface area contributed by atoms with E-state index in [0.29, 0.717) is 23.1 Å². The van der Waals surface area contributed by atoms with Crippen LogP contribution in [0.2, 0.25) is 0 Å². The molecule has 0 saturated carbocycles. The summed E-state index contributed by atoms with van der Waals surface area (Å²) in [5.41, 5.74) is 0.957. The van der Waals surface area contributed by atoms with Crippen molar-refractivity contribution < 1.29 is 13.9 Å². The summed E-state index contributed by atoms with van der Waals surface area (Å²) < 4.78 is 23.9. The third-order valence-corrected chi connectivity index (χ3v) is 2.40. The van der Waals surface area contributed by atoms with Crippen molar-refractivity contribution in [2.24, 2.45) is 0 Å². The summed E-state index contributed by atoms with van der Waals surface area (Å²) in [6, 6.07) is 6.82. The van der Waals surface area contributed by atoms with Crippen molar-refractivity contribution in [3.8, 4) is 0 Å². The van der Waals surface area contributed by atoms with Gasteiger partial charge >= 0.3 is 0 Å². The van der Waals surface area contributed by atoms with E-state index in [4.69, 9.17) is 5.11 Å². The highest BCUT2D eigenvalue weighted by molar-refractivity contribution is 7.99. The minimum Gasteiger partial charge on any atom is -0.393 e. The second kappa shape index (κ2) is 5.32. The molecular formula is C10H12F2OS. The lowest BCUT2D eigenvalue weighted by Crippen LogP contribution is -2.03. The fraction of sp³-hybridized carbons (Fsp3) is 0.400. The van der Waals surface area contributed by atoms with E-state index in [1.807, 2.05) is 0 Å². The molecular weight excluding hydrogens is 206 g/mol. The van der Waals surface area contributed by atoms with Crippen LogP contribution in [0.3, 0.4) is 0 Å². The summed E-state index contributed by atoms with van der Waals surface area (Å²) in [6.45, 7) is 1.70. The Hall–Kier alpha value is -0.610. The van der Waals surface area contributed by atoms with Gasteiger partial charge in [-0.15, -0.1) is 0 Å². The van der Waals surface area contributed by atoms with Crippen LogP contribution in [-0.2, 0) is 6.42 Å². The zero-order valence-corrected chi connectivity index (χ0v) is 8.60. The van der Waals surface area contributed by atoms with Gasteiger partial charge in [-0.25, -0.2) is 0 Å². The van der Waals surface area contributed by atoms with E-state index >= 15 is 0 Å². The third kappa shape index (κ3) is 4.07. The molecule has 0 saturated heterocycles. The zero-order valence-electron chi connectivity index (χ0n) is 7.78. The monoisotopic (exact) mass is 218 g/mol. The molecule has 0 aromatic heterocycles. The molecule has 0 aliphatic heterocycles. The van der Waals surface area contributed by atoms with Gasteiger partial charge < -0.3 is 5.11 Å². The minimum absolute atomic E-state index is 0.399. The van der Waals surface area contributed by atoms with Crippen molar-refractivity contribution in [3.63, 3.8) is 0 Å². The second-order valence-electron chi connectivity index (χ2n) is 3.08. The van der Waals surface area contributed by atoms with Crippen molar-refractivity contribution in [2.75, 3.05) is 0 Å². The fourth-order valence-electron chi connectivity index (χ4n) is 1.15. The Morgan fingerprint density at radius 2 is 1.86 bits per heavy atom. The number of benzene rings is 1. The van der Waals surface area contributed by atoms with Gasteiger partial charge in [0.2, 0.25) is 0 Å². The van der Waals surface area contributed by atoms with Crippen molar-refractivity contribution in [2.45, 2.75) is 30.1 Å². The van der Waals surface area contributed by atoms with Gasteiger partial charge in [0.25, 0.3) is 5.76 Å². The van der Waals surface area contributed by atoms with E-state index in [0.717, 1.165) is 5.56 Å². The number of aliphatic hydroxyl groups excluding tert-OH is 1. The normalized spacial score (nSPS) is 13.2. The zero-order chi connectivity index (χ0) is 10.6. The molecule has 1 nitrogen and oxygen atoms in total. The van der Waals surface area contributed by atoms with Gasteiger partial charge in [-0.1, -0.05) is 23.9 Å². The summed E-state index contributed by atoms with van der Waals surface area (Å²) in [5.74, 6) is -2.38. The Bertz CT molecular complexity index is 243. The molecule has 14 heavy (non-hydrogen) atoms. The average Bonchev–Trinajstić information content (AvgIpc) is 2.06. The van der Waals surface area contributed by atoms with Crippen molar-refractivity contribution in [1.29, 1.82) is 0 Å². The molecule has 0 fully saturated rings. The molecule has 0 aliphatic rings. The van der Waals surface area contributed by atoms with E-state index in [1.54, 1.807) is 31.2 Å². The average molecular weight is 218 g/mol. The van der Waals surface area contributed by atoms with Crippen molar-refractivity contribution in [3.05, 3.63) is 29.8 Å². The molecule has 0 bridgehead atoms. The van der Waals surface area contributed by atoms with Gasteiger partial charge in [-0.2, -0.15) is 8.78 Å². The first-order valence-corrected chi connectivity index (χ1v) is 5.17. The smallest absolute Gasteiger partial charge is 0.288 e. The van der Waals surface area contributed by atoms with Crippen LogP contribution < -0.4 is 0 Å². The van der Waals surface area contributed by atoms with Gasteiger partial charge in [0, 0.05) is 4.90 Å². The van der Waals surface area contributed by atoms with Gasteiger partial charge in [0.05, 0.1) is 6.10 Å². The summed E-state index contributed by atoms with van der Waals surface area (Å²) in [5, 5.41) is 9.10. The van der Waals surface area contributed by atoms with E-state index in [-0.39, 0.29) is 0 Å². The lowest BCUT2D eigenvalue weighted by molar-refractivity contribution is 0.195. The molecule has 78 valence electrons.